The van der Waals surface area contributed by atoms with Crippen molar-refractivity contribution in [3.63, 3.8) is 0 Å². The molecule has 1 N–H and O–H groups in total. The lowest BCUT2D eigenvalue weighted by atomic mass is 10.1. The summed E-state index contributed by atoms with van der Waals surface area (Å²) in [6, 6.07) is 12.5. The zero-order chi connectivity index (χ0) is 25.4. The van der Waals surface area contributed by atoms with Crippen molar-refractivity contribution in [2.24, 2.45) is 4.99 Å². The number of carbonyl (C=O) groups is 2. The number of aliphatic imine (C=N–C) groups is 1. The summed E-state index contributed by atoms with van der Waals surface area (Å²) in [5, 5.41) is 11.3. The molecule has 35 heavy (non-hydrogen) atoms. The van der Waals surface area contributed by atoms with Crippen molar-refractivity contribution in [2.45, 2.75) is 13.8 Å². The van der Waals surface area contributed by atoms with Crippen molar-refractivity contribution in [1.29, 1.82) is 0 Å². The SMILES string of the molecule is CCOC(=O)C1=C(O)/C(=C/c2cc(OCC)c(OCC(=O)OC)cc2Br)SC1=Nc1ccccc1. The Morgan fingerprint density at radius 2 is 1.80 bits per heavy atom. The average molecular weight is 562 g/mol. The molecule has 184 valence electrons. The van der Waals surface area contributed by atoms with Gasteiger partial charge in [-0.15, -0.1) is 0 Å². The molecule has 1 aliphatic rings. The predicted molar refractivity (Wildman–Crippen MR) is 138 cm³/mol. The second kappa shape index (κ2) is 12.5. The van der Waals surface area contributed by atoms with Crippen molar-refractivity contribution < 1.29 is 33.6 Å². The molecule has 0 aliphatic carbocycles. The van der Waals surface area contributed by atoms with Crippen LogP contribution in [0.4, 0.5) is 5.69 Å². The van der Waals surface area contributed by atoms with E-state index < -0.39 is 11.9 Å². The maximum Gasteiger partial charge on any atom is 0.344 e. The molecule has 2 aromatic rings. The molecule has 0 aromatic heterocycles. The van der Waals surface area contributed by atoms with Gasteiger partial charge >= 0.3 is 11.9 Å². The van der Waals surface area contributed by atoms with Gasteiger partial charge in [0, 0.05) is 4.47 Å². The van der Waals surface area contributed by atoms with Gasteiger partial charge in [0.05, 0.1) is 30.9 Å². The Morgan fingerprint density at radius 3 is 2.46 bits per heavy atom. The van der Waals surface area contributed by atoms with Crippen LogP contribution in [0.15, 0.2) is 68.2 Å². The molecule has 0 unspecified atom stereocenters. The summed E-state index contributed by atoms with van der Waals surface area (Å²) in [6.07, 6.45) is 1.70. The van der Waals surface area contributed by atoms with Crippen LogP contribution in [0.1, 0.15) is 19.4 Å². The highest BCUT2D eigenvalue weighted by Gasteiger charge is 2.33. The highest BCUT2D eigenvalue weighted by molar-refractivity contribution is 9.10. The number of benzene rings is 2. The minimum Gasteiger partial charge on any atom is -0.506 e. The van der Waals surface area contributed by atoms with Crippen LogP contribution >= 0.6 is 27.7 Å². The van der Waals surface area contributed by atoms with Crippen molar-refractivity contribution >= 4 is 56.4 Å². The van der Waals surface area contributed by atoms with E-state index in [2.05, 4.69) is 25.7 Å². The van der Waals surface area contributed by atoms with Crippen LogP contribution in [0.25, 0.3) is 6.08 Å². The second-order valence-electron chi connectivity index (χ2n) is 6.93. The lowest BCUT2D eigenvalue weighted by Crippen LogP contribution is -2.13. The van der Waals surface area contributed by atoms with Gasteiger partial charge in [-0.05, 0) is 49.8 Å². The topological polar surface area (TPSA) is 104 Å². The summed E-state index contributed by atoms with van der Waals surface area (Å²) in [5.41, 5.74) is 1.29. The van der Waals surface area contributed by atoms with Crippen LogP contribution in [0, 0.1) is 0 Å². The number of rotatable bonds is 9. The summed E-state index contributed by atoms with van der Waals surface area (Å²) >= 11 is 4.65. The molecule has 1 heterocycles. The van der Waals surface area contributed by atoms with Crippen molar-refractivity contribution in [3.05, 3.63) is 68.7 Å². The van der Waals surface area contributed by atoms with Gasteiger partial charge in [-0.2, -0.15) is 0 Å². The van der Waals surface area contributed by atoms with E-state index in [-0.39, 0.29) is 24.5 Å². The first kappa shape index (κ1) is 26.4. The van der Waals surface area contributed by atoms with Crippen LogP contribution < -0.4 is 9.47 Å². The molecule has 10 heteroatoms. The molecule has 1 aliphatic heterocycles. The molecule has 0 saturated heterocycles. The predicted octanol–water partition coefficient (Wildman–Crippen LogP) is 5.59. The standard InChI is InChI=1S/C25H24BrNO7S/c1-4-32-18-11-15(17(26)13-19(18)34-14-21(28)31-3)12-20-23(29)22(25(30)33-5-2)24(35-20)27-16-9-7-6-8-10-16/h6-13,29H,4-5,14H2,1-3H3/b20-12-,27-24?. The quantitative estimate of drug-likeness (QED) is 0.395. The highest BCUT2D eigenvalue weighted by atomic mass is 79.9. The smallest absolute Gasteiger partial charge is 0.344 e. The molecule has 0 atom stereocenters. The number of nitrogens with zero attached hydrogens (tertiary/aromatic N) is 1. The maximum atomic E-state index is 12.6. The summed E-state index contributed by atoms with van der Waals surface area (Å²) in [4.78, 5) is 29.0. The lowest BCUT2D eigenvalue weighted by molar-refractivity contribution is -0.143. The number of hydrogen-bond donors (Lipinski definition) is 1. The highest BCUT2D eigenvalue weighted by Crippen LogP contribution is 2.42. The van der Waals surface area contributed by atoms with E-state index in [1.807, 2.05) is 25.1 Å². The Balaban J connectivity index is 2.02. The molecule has 0 saturated carbocycles. The fourth-order valence-corrected chi connectivity index (χ4v) is 4.45. The largest absolute Gasteiger partial charge is 0.506 e. The Morgan fingerprint density at radius 1 is 1.09 bits per heavy atom. The lowest BCUT2D eigenvalue weighted by Gasteiger charge is -2.13. The van der Waals surface area contributed by atoms with Crippen LogP contribution in [0.3, 0.4) is 0 Å². The van der Waals surface area contributed by atoms with Crippen LogP contribution in [-0.4, -0.2) is 49.0 Å². The number of halogens is 1. The van der Waals surface area contributed by atoms with Gasteiger partial charge in [-0.25, -0.2) is 14.6 Å². The Kier molecular flexibility index (Phi) is 9.39. The van der Waals surface area contributed by atoms with E-state index in [4.69, 9.17) is 14.2 Å². The number of hydrogen-bond acceptors (Lipinski definition) is 9. The number of ether oxygens (including phenoxy) is 4. The second-order valence-corrected chi connectivity index (χ2v) is 8.81. The summed E-state index contributed by atoms with van der Waals surface area (Å²) in [5.74, 6) is -0.649. The number of carbonyl (C=O) groups excluding carboxylic acids is 2. The van der Waals surface area contributed by atoms with Gasteiger partial charge in [0.2, 0.25) is 0 Å². The van der Waals surface area contributed by atoms with E-state index in [1.54, 1.807) is 37.3 Å². The molecule has 8 nitrogen and oxygen atoms in total. The third kappa shape index (κ3) is 6.67. The maximum absolute atomic E-state index is 12.6. The number of aliphatic hydroxyl groups is 1. The molecule has 0 bridgehead atoms. The fraction of sp³-hybridized carbons (Fsp3) is 0.240. The van der Waals surface area contributed by atoms with Gasteiger partial charge in [-0.3, -0.25) is 0 Å². The van der Waals surface area contributed by atoms with Gasteiger partial charge in [0.1, 0.15) is 16.4 Å². The van der Waals surface area contributed by atoms with Crippen LogP contribution in [0.5, 0.6) is 11.5 Å². The Bertz CT molecular complexity index is 1190. The first-order chi connectivity index (χ1) is 16.9. The van der Waals surface area contributed by atoms with Crippen molar-refractivity contribution in [3.8, 4) is 11.5 Å². The monoisotopic (exact) mass is 561 g/mol. The fourth-order valence-electron chi connectivity index (χ4n) is 2.99. The first-order valence-corrected chi connectivity index (χ1v) is 12.3. The van der Waals surface area contributed by atoms with Gasteiger partial charge in [-0.1, -0.05) is 45.9 Å². The number of aliphatic hydroxyl groups excluding tert-OH is 1. The number of methoxy groups -OCH3 is 1. The molecule has 0 radical (unpaired) electrons. The zero-order valence-electron chi connectivity index (χ0n) is 19.4. The van der Waals surface area contributed by atoms with E-state index in [9.17, 15) is 14.7 Å². The summed E-state index contributed by atoms with van der Waals surface area (Å²) < 4.78 is 21.6. The van der Waals surface area contributed by atoms with E-state index in [0.29, 0.717) is 43.8 Å². The van der Waals surface area contributed by atoms with Crippen LogP contribution in [0.2, 0.25) is 0 Å². The molecule has 0 fully saturated rings. The Labute approximate surface area is 215 Å². The van der Waals surface area contributed by atoms with E-state index >= 15 is 0 Å². The zero-order valence-corrected chi connectivity index (χ0v) is 21.8. The number of thioether (sulfide) groups is 1. The minimum absolute atomic E-state index is 0.00568. The first-order valence-electron chi connectivity index (χ1n) is 10.7. The number of esters is 2. The normalized spacial score (nSPS) is 15.4. The summed E-state index contributed by atoms with van der Waals surface area (Å²) in [6.45, 7) is 3.77. The van der Waals surface area contributed by atoms with E-state index in [1.165, 1.54) is 7.11 Å². The van der Waals surface area contributed by atoms with Gasteiger partial charge in [0.25, 0.3) is 0 Å². The molecular weight excluding hydrogens is 538 g/mol. The molecule has 0 amide bonds. The average Bonchev–Trinajstić information content (AvgIpc) is 3.15. The molecular formula is C25H24BrNO7S. The Hall–Kier alpha value is -3.24. The van der Waals surface area contributed by atoms with E-state index in [0.717, 1.165) is 11.8 Å². The minimum atomic E-state index is -0.656. The third-order valence-corrected chi connectivity index (χ3v) is 6.29. The van der Waals surface area contributed by atoms with Gasteiger partial charge in [0.15, 0.2) is 18.1 Å². The molecule has 0 spiro atoms. The summed E-state index contributed by atoms with van der Waals surface area (Å²) in [7, 11) is 1.28. The molecule has 2 aromatic carbocycles. The van der Waals surface area contributed by atoms with Crippen molar-refractivity contribution in [1.82, 2.24) is 0 Å². The van der Waals surface area contributed by atoms with Crippen LogP contribution in [-0.2, 0) is 19.1 Å². The van der Waals surface area contributed by atoms with Crippen molar-refractivity contribution in [2.75, 3.05) is 26.9 Å². The molecule has 3 rings (SSSR count). The number of para-hydroxylation sites is 1. The van der Waals surface area contributed by atoms with Gasteiger partial charge < -0.3 is 24.1 Å². The third-order valence-electron chi connectivity index (χ3n) is 4.58.